The van der Waals surface area contributed by atoms with Gasteiger partial charge in [-0.25, -0.2) is 4.39 Å². The second-order valence-electron chi connectivity index (χ2n) is 5.88. The summed E-state index contributed by atoms with van der Waals surface area (Å²) in [4.78, 5) is 0. The minimum Gasteiger partial charge on any atom is -0.271 e. The van der Waals surface area contributed by atoms with Gasteiger partial charge in [0.25, 0.3) is 0 Å². The third kappa shape index (κ3) is 3.09. The Bertz CT molecular complexity index is 384. The van der Waals surface area contributed by atoms with Gasteiger partial charge in [0.05, 0.1) is 0 Å². The van der Waals surface area contributed by atoms with E-state index < -0.39 is 0 Å². The van der Waals surface area contributed by atoms with Crippen LogP contribution < -0.4 is 11.3 Å². The molecule has 100 valence electrons. The molecule has 0 heterocycles. The van der Waals surface area contributed by atoms with Gasteiger partial charge in [-0.05, 0) is 54.7 Å². The second-order valence-corrected chi connectivity index (χ2v) is 5.88. The fourth-order valence-corrected chi connectivity index (χ4v) is 3.49. The molecule has 18 heavy (non-hydrogen) atoms. The lowest BCUT2D eigenvalue weighted by atomic mass is 9.72. The minimum atomic E-state index is -0.190. The van der Waals surface area contributed by atoms with Crippen molar-refractivity contribution in [2.75, 3.05) is 0 Å². The molecule has 1 fully saturated rings. The van der Waals surface area contributed by atoms with Gasteiger partial charge in [0.15, 0.2) is 0 Å². The normalized spacial score (nSPS) is 30.1. The average molecular weight is 250 g/mol. The number of benzene rings is 1. The summed E-state index contributed by atoms with van der Waals surface area (Å²) in [6.07, 6.45) is 3.61. The standard InChI is InChI=1S/C15H23FN2/c1-10-6-11(2)8-13(7-10)15(18-17)12-4-3-5-14(16)9-12/h3-5,9-11,13,15,18H,6-8,17H2,1-2H3. The summed E-state index contributed by atoms with van der Waals surface area (Å²) in [5.74, 6) is 7.46. The summed E-state index contributed by atoms with van der Waals surface area (Å²) in [5, 5.41) is 0. The largest absolute Gasteiger partial charge is 0.271 e. The summed E-state index contributed by atoms with van der Waals surface area (Å²) in [5.41, 5.74) is 3.85. The van der Waals surface area contributed by atoms with Gasteiger partial charge in [-0.2, -0.15) is 0 Å². The SMILES string of the molecule is CC1CC(C)CC(C(NN)c2cccc(F)c2)C1. The highest BCUT2D eigenvalue weighted by Crippen LogP contribution is 2.39. The molecule has 0 amide bonds. The van der Waals surface area contributed by atoms with Gasteiger partial charge in [0.2, 0.25) is 0 Å². The molecule has 0 saturated heterocycles. The summed E-state index contributed by atoms with van der Waals surface area (Å²) in [6.45, 7) is 4.59. The van der Waals surface area contributed by atoms with Crippen LogP contribution in [0.2, 0.25) is 0 Å². The lowest BCUT2D eigenvalue weighted by Gasteiger charge is -2.36. The zero-order valence-electron chi connectivity index (χ0n) is 11.2. The van der Waals surface area contributed by atoms with Crippen LogP contribution in [0.25, 0.3) is 0 Å². The van der Waals surface area contributed by atoms with Crippen molar-refractivity contribution in [3.8, 4) is 0 Å². The maximum Gasteiger partial charge on any atom is 0.123 e. The van der Waals surface area contributed by atoms with Crippen LogP contribution in [-0.4, -0.2) is 0 Å². The van der Waals surface area contributed by atoms with E-state index in [9.17, 15) is 4.39 Å². The topological polar surface area (TPSA) is 38.0 Å². The highest BCUT2D eigenvalue weighted by atomic mass is 19.1. The van der Waals surface area contributed by atoms with Crippen molar-refractivity contribution in [2.24, 2.45) is 23.6 Å². The molecular formula is C15H23FN2. The number of hydrogen-bond acceptors (Lipinski definition) is 2. The van der Waals surface area contributed by atoms with Gasteiger partial charge in [0.1, 0.15) is 5.82 Å². The third-order valence-electron chi connectivity index (χ3n) is 4.07. The Morgan fingerprint density at radius 3 is 2.44 bits per heavy atom. The van der Waals surface area contributed by atoms with Crippen molar-refractivity contribution in [1.82, 2.24) is 5.43 Å². The quantitative estimate of drug-likeness (QED) is 0.637. The summed E-state index contributed by atoms with van der Waals surface area (Å²) >= 11 is 0. The average Bonchev–Trinajstić information content (AvgIpc) is 2.28. The number of rotatable bonds is 3. The van der Waals surface area contributed by atoms with Gasteiger partial charge in [-0.3, -0.25) is 11.3 Å². The Balaban J connectivity index is 2.17. The molecule has 1 aromatic carbocycles. The predicted molar refractivity (Wildman–Crippen MR) is 72.1 cm³/mol. The molecule has 1 aliphatic carbocycles. The van der Waals surface area contributed by atoms with Crippen molar-refractivity contribution in [3.05, 3.63) is 35.6 Å². The van der Waals surface area contributed by atoms with Crippen LogP contribution in [0.15, 0.2) is 24.3 Å². The lowest BCUT2D eigenvalue weighted by molar-refractivity contribution is 0.177. The Labute approximate surface area is 109 Å². The molecule has 2 nitrogen and oxygen atoms in total. The van der Waals surface area contributed by atoms with Crippen LogP contribution >= 0.6 is 0 Å². The summed E-state index contributed by atoms with van der Waals surface area (Å²) in [6, 6.07) is 6.84. The molecule has 3 unspecified atom stereocenters. The Hall–Kier alpha value is -0.930. The molecule has 3 N–H and O–H groups in total. The van der Waals surface area contributed by atoms with E-state index in [0.717, 1.165) is 30.2 Å². The van der Waals surface area contributed by atoms with E-state index in [1.165, 1.54) is 12.5 Å². The number of hydrazine groups is 1. The summed E-state index contributed by atoms with van der Waals surface area (Å²) < 4.78 is 13.3. The molecule has 1 saturated carbocycles. The van der Waals surface area contributed by atoms with Gasteiger partial charge < -0.3 is 0 Å². The fourth-order valence-electron chi connectivity index (χ4n) is 3.49. The van der Waals surface area contributed by atoms with Crippen LogP contribution in [0.3, 0.4) is 0 Å². The summed E-state index contributed by atoms with van der Waals surface area (Å²) in [7, 11) is 0. The molecule has 0 bridgehead atoms. The minimum absolute atomic E-state index is 0.0610. The van der Waals surface area contributed by atoms with Crippen LogP contribution in [0.5, 0.6) is 0 Å². The van der Waals surface area contributed by atoms with E-state index in [-0.39, 0.29) is 11.9 Å². The number of hydrogen-bond donors (Lipinski definition) is 2. The number of halogens is 1. The molecule has 2 rings (SSSR count). The third-order valence-corrected chi connectivity index (χ3v) is 4.07. The molecule has 0 radical (unpaired) electrons. The Morgan fingerprint density at radius 2 is 1.89 bits per heavy atom. The number of nitrogens with one attached hydrogen (secondary N) is 1. The van der Waals surface area contributed by atoms with Crippen LogP contribution in [-0.2, 0) is 0 Å². The molecule has 0 aliphatic heterocycles. The molecule has 0 spiro atoms. The molecule has 0 aromatic heterocycles. The first-order valence-electron chi connectivity index (χ1n) is 6.81. The van der Waals surface area contributed by atoms with Crippen molar-refractivity contribution in [1.29, 1.82) is 0 Å². The molecular weight excluding hydrogens is 227 g/mol. The molecule has 1 aliphatic rings. The molecule has 1 aromatic rings. The van der Waals surface area contributed by atoms with E-state index in [1.54, 1.807) is 12.1 Å². The van der Waals surface area contributed by atoms with Crippen molar-refractivity contribution in [3.63, 3.8) is 0 Å². The first-order chi connectivity index (χ1) is 8.60. The first-order valence-corrected chi connectivity index (χ1v) is 6.81. The van der Waals surface area contributed by atoms with Crippen LogP contribution in [0.1, 0.15) is 44.7 Å². The lowest BCUT2D eigenvalue weighted by Crippen LogP contribution is -2.37. The van der Waals surface area contributed by atoms with Gasteiger partial charge in [-0.1, -0.05) is 26.0 Å². The molecule has 3 atom stereocenters. The highest BCUT2D eigenvalue weighted by molar-refractivity contribution is 5.21. The van der Waals surface area contributed by atoms with Gasteiger partial charge in [-0.15, -0.1) is 0 Å². The van der Waals surface area contributed by atoms with Crippen LogP contribution in [0, 0.1) is 23.6 Å². The van der Waals surface area contributed by atoms with Gasteiger partial charge >= 0.3 is 0 Å². The zero-order chi connectivity index (χ0) is 13.1. The Kier molecular flexibility index (Phi) is 4.36. The van der Waals surface area contributed by atoms with E-state index in [2.05, 4.69) is 19.3 Å². The first kappa shape index (κ1) is 13.5. The van der Waals surface area contributed by atoms with E-state index in [0.29, 0.717) is 5.92 Å². The van der Waals surface area contributed by atoms with E-state index in [1.807, 2.05) is 6.07 Å². The smallest absolute Gasteiger partial charge is 0.123 e. The fraction of sp³-hybridized carbons (Fsp3) is 0.600. The van der Waals surface area contributed by atoms with Crippen LogP contribution in [0.4, 0.5) is 4.39 Å². The number of nitrogens with two attached hydrogens (primary N) is 1. The predicted octanol–water partition coefficient (Wildman–Crippen LogP) is 3.40. The zero-order valence-corrected chi connectivity index (χ0v) is 11.2. The highest BCUT2D eigenvalue weighted by Gasteiger charge is 2.30. The van der Waals surface area contributed by atoms with Gasteiger partial charge in [0, 0.05) is 6.04 Å². The molecule has 3 heteroatoms. The Morgan fingerprint density at radius 1 is 1.22 bits per heavy atom. The van der Waals surface area contributed by atoms with E-state index in [4.69, 9.17) is 5.84 Å². The van der Waals surface area contributed by atoms with Crippen molar-refractivity contribution in [2.45, 2.75) is 39.2 Å². The monoisotopic (exact) mass is 250 g/mol. The maximum atomic E-state index is 13.3. The van der Waals surface area contributed by atoms with E-state index >= 15 is 0 Å². The second kappa shape index (κ2) is 5.81. The van der Waals surface area contributed by atoms with Crippen molar-refractivity contribution < 1.29 is 4.39 Å². The maximum absolute atomic E-state index is 13.3. The van der Waals surface area contributed by atoms with Crippen molar-refractivity contribution >= 4 is 0 Å².